The highest BCUT2D eigenvalue weighted by atomic mass is 79.9. The van der Waals surface area contributed by atoms with E-state index in [1.807, 2.05) is 37.3 Å². The van der Waals surface area contributed by atoms with Gasteiger partial charge in [-0.05, 0) is 54.3 Å². The Labute approximate surface area is 128 Å². The summed E-state index contributed by atoms with van der Waals surface area (Å²) in [6, 6.07) is 13.7. The molecule has 2 aromatic rings. The van der Waals surface area contributed by atoms with Crippen molar-refractivity contribution >= 4 is 15.9 Å². The molecule has 0 fully saturated rings. The quantitative estimate of drug-likeness (QED) is 0.740. The van der Waals surface area contributed by atoms with E-state index in [0.717, 1.165) is 21.3 Å². The second kappa shape index (κ2) is 6.11. The van der Waals surface area contributed by atoms with Crippen molar-refractivity contribution in [2.24, 2.45) is 0 Å². The van der Waals surface area contributed by atoms with Gasteiger partial charge in [0.15, 0.2) is 0 Å². The number of ether oxygens (including phenoxy) is 1. The van der Waals surface area contributed by atoms with E-state index in [-0.39, 0.29) is 0 Å². The molecule has 2 nitrogen and oxygen atoms in total. The zero-order valence-corrected chi connectivity index (χ0v) is 13.4. The van der Waals surface area contributed by atoms with Crippen LogP contribution in [0.4, 0.5) is 0 Å². The lowest BCUT2D eigenvalue weighted by Crippen LogP contribution is -1.96. The van der Waals surface area contributed by atoms with Crippen molar-refractivity contribution in [1.29, 1.82) is 5.26 Å². The molecule has 0 unspecified atom stereocenters. The Kier molecular flexibility index (Phi) is 4.46. The fourth-order valence-corrected chi connectivity index (χ4v) is 2.38. The van der Waals surface area contributed by atoms with Crippen molar-refractivity contribution in [2.75, 3.05) is 0 Å². The van der Waals surface area contributed by atoms with Crippen LogP contribution in [0.1, 0.15) is 36.5 Å². The van der Waals surface area contributed by atoms with E-state index in [0.29, 0.717) is 17.2 Å². The Bertz CT molecular complexity index is 671. The first-order valence-corrected chi connectivity index (χ1v) is 7.28. The number of rotatable bonds is 3. The second-order valence-corrected chi connectivity index (χ2v) is 5.97. The first-order valence-electron chi connectivity index (χ1n) is 6.49. The normalized spacial score (nSPS) is 10.4. The number of nitriles is 1. The molecule has 0 aliphatic carbocycles. The SMILES string of the molecule is Cc1ccc(Oc2ccc(Br)cc2C(C)C)c(C#N)c1. The Hall–Kier alpha value is -1.79. The van der Waals surface area contributed by atoms with Gasteiger partial charge in [-0.1, -0.05) is 35.8 Å². The van der Waals surface area contributed by atoms with Crippen LogP contribution in [0, 0.1) is 18.3 Å². The largest absolute Gasteiger partial charge is 0.456 e. The maximum Gasteiger partial charge on any atom is 0.145 e. The number of halogens is 1. The minimum Gasteiger partial charge on any atom is -0.456 e. The highest BCUT2D eigenvalue weighted by molar-refractivity contribution is 9.10. The van der Waals surface area contributed by atoms with Crippen LogP contribution in [0.2, 0.25) is 0 Å². The van der Waals surface area contributed by atoms with E-state index in [9.17, 15) is 5.26 Å². The van der Waals surface area contributed by atoms with Crippen LogP contribution in [0.25, 0.3) is 0 Å². The van der Waals surface area contributed by atoms with Gasteiger partial charge in [-0.25, -0.2) is 0 Å². The van der Waals surface area contributed by atoms with Crippen LogP contribution < -0.4 is 4.74 Å². The number of hydrogen-bond donors (Lipinski definition) is 0. The second-order valence-electron chi connectivity index (χ2n) is 5.05. The summed E-state index contributed by atoms with van der Waals surface area (Å²) in [6.45, 7) is 6.20. The van der Waals surface area contributed by atoms with Crippen LogP contribution in [0.3, 0.4) is 0 Å². The molecule has 0 radical (unpaired) electrons. The van der Waals surface area contributed by atoms with E-state index in [1.54, 1.807) is 0 Å². The van der Waals surface area contributed by atoms with Gasteiger partial charge in [0.2, 0.25) is 0 Å². The van der Waals surface area contributed by atoms with Crippen molar-refractivity contribution in [3.05, 3.63) is 57.6 Å². The van der Waals surface area contributed by atoms with Gasteiger partial charge < -0.3 is 4.74 Å². The summed E-state index contributed by atoms with van der Waals surface area (Å²) in [6.07, 6.45) is 0. The molecule has 0 aliphatic rings. The first kappa shape index (κ1) is 14.6. The zero-order chi connectivity index (χ0) is 14.7. The predicted octanol–water partition coefficient (Wildman–Crippen LogP) is 5.54. The van der Waals surface area contributed by atoms with Gasteiger partial charge in [-0.3, -0.25) is 0 Å². The molecule has 20 heavy (non-hydrogen) atoms. The Morgan fingerprint density at radius 1 is 1.10 bits per heavy atom. The van der Waals surface area contributed by atoms with Gasteiger partial charge >= 0.3 is 0 Å². The van der Waals surface area contributed by atoms with Crippen LogP contribution in [-0.2, 0) is 0 Å². The lowest BCUT2D eigenvalue weighted by atomic mass is 10.0. The molecule has 0 saturated heterocycles. The maximum atomic E-state index is 9.21. The first-order chi connectivity index (χ1) is 9.51. The van der Waals surface area contributed by atoms with Crippen LogP contribution in [-0.4, -0.2) is 0 Å². The monoisotopic (exact) mass is 329 g/mol. The standard InChI is InChI=1S/C17H16BrNO/c1-11(2)15-9-14(18)5-7-17(15)20-16-6-4-12(3)8-13(16)10-19/h4-9,11H,1-3H3. The van der Waals surface area contributed by atoms with Gasteiger partial charge in [-0.2, -0.15) is 5.26 Å². The molecule has 0 aromatic heterocycles. The molecule has 3 heteroatoms. The van der Waals surface area contributed by atoms with Crippen LogP contribution >= 0.6 is 15.9 Å². The third-order valence-electron chi connectivity index (χ3n) is 3.07. The van der Waals surface area contributed by atoms with Crippen molar-refractivity contribution in [1.82, 2.24) is 0 Å². The fraction of sp³-hybridized carbons (Fsp3) is 0.235. The molecule has 0 spiro atoms. The maximum absolute atomic E-state index is 9.21. The summed E-state index contributed by atoms with van der Waals surface area (Å²) >= 11 is 3.48. The van der Waals surface area contributed by atoms with E-state index in [1.165, 1.54) is 0 Å². The molecule has 0 N–H and O–H groups in total. The van der Waals surface area contributed by atoms with E-state index in [2.05, 4.69) is 41.9 Å². The zero-order valence-electron chi connectivity index (χ0n) is 11.8. The topological polar surface area (TPSA) is 33.0 Å². The number of hydrogen-bond acceptors (Lipinski definition) is 2. The molecule has 0 amide bonds. The van der Waals surface area contributed by atoms with Crippen molar-refractivity contribution in [3.8, 4) is 17.6 Å². The molecule has 2 aromatic carbocycles. The van der Waals surface area contributed by atoms with Crippen molar-refractivity contribution in [3.63, 3.8) is 0 Å². The molecule has 0 heterocycles. The summed E-state index contributed by atoms with van der Waals surface area (Å²) < 4.78 is 6.99. The molecule has 2 rings (SSSR count). The molecular formula is C17H16BrNO. The highest BCUT2D eigenvalue weighted by Gasteiger charge is 2.11. The number of benzene rings is 2. The molecular weight excluding hydrogens is 314 g/mol. The minimum absolute atomic E-state index is 0.346. The van der Waals surface area contributed by atoms with Gasteiger partial charge in [0.25, 0.3) is 0 Å². The smallest absolute Gasteiger partial charge is 0.145 e. The van der Waals surface area contributed by atoms with Crippen molar-refractivity contribution < 1.29 is 4.74 Å². The molecule has 0 atom stereocenters. The predicted molar refractivity (Wildman–Crippen MR) is 84.2 cm³/mol. The summed E-state index contributed by atoms with van der Waals surface area (Å²) in [5.41, 5.74) is 2.72. The van der Waals surface area contributed by atoms with Crippen LogP contribution in [0.15, 0.2) is 40.9 Å². The third-order valence-corrected chi connectivity index (χ3v) is 3.56. The Morgan fingerprint density at radius 3 is 2.45 bits per heavy atom. The Balaban J connectivity index is 2.43. The summed E-state index contributed by atoms with van der Waals surface area (Å²) in [4.78, 5) is 0. The number of aryl methyl sites for hydroxylation is 1. The third kappa shape index (κ3) is 3.20. The van der Waals surface area contributed by atoms with E-state index < -0.39 is 0 Å². The highest BCUT2D eigenvalue weighted by Crippen LogP contribution is 2.34. The van der Waals surface area contributed by atoms with Crippen molar-refractivity contribution in [2.45, 2.75) is 26.7 Å². The summed E-state index contributed by atoms with van der Waals surface area (Å²) in [5.74, 6) is 1.74. The lowest BCUT2D eigenvalue weighted by molar-refractivity contribution is 0.471. The average molecular weight is 330 g/mol. The van der Waals surface area contributed by atoms with E-state index >= 15 is 0 Å². The lowest BCUT2D eigenvalue weighted by Gasteiger charge is -2.15. The molecule has 0 aliphatic heterocycles. The average Bonchev–Trinajstić information content (AvgIpc) is 2.42. The minimum atomic E-state index is 0.346. The fourth-order valence-electron chi connectivity index (χ4n) is 2.00. The molecule has 102 valence electrons. The van der Waals surface area contributed by atoms with Gasteiger partial charge in [0.1, 0.15) is 17.6 Å². The van der Waals surface area contributed by atoms with E-state index in [4.69, 9.17) is 4.74 Å². The summed E-state index contributed by atoms with van der Waals surface area (Å²) in [5, 5.41) is 9.21. The van der Waals surface area contributed by atoms with Gasteiger partial charge in [0.05, 0.1) is 5.56 Å². The van der Waals surface area contributed by atoms with Crippen LogP contribution in [0.5, 0.6) is 11.5 Å². The summed E-state index contributed by atoms with van der Waals surface area (Å²) in [7, 11) is 0. The number of nitrogens with zero attached hydrogens (tertiary/aromatic N) is 1. The molecule has 0 saturated carbocycles. The Morgan fingerprint density at radius 2 is 1.80 bits per heavy atom. The van der Waals surface area contributed by atoms with Gasteiger partial charge in [0, 0.05) is 4.47 Å². The molecule has 0 bridgehead atoms. The van der Waals surface area contributed by atoms with Gasteiger partial charge in [-0.15, -0.1) is 0 Å².